The molecule has 0 aromatic heterocycles. The van der Waals surface area contributed by atoms with Gasteiger partial charge in [0.2, 0.25) is 0 Å². The van der Waals surface area contributed by atoms with Crippen molar-refractivity contribution in [1.29, 1.82) is 0 Å². The van der Waals surface area contributed by atoms with Crippen molar-refractivity contribution < 1.29 is 13.9 Å². The van der Waals surface area contributed by atoms with E-state index in [1.807, 2.05) is 13.8 Å². The van der Waals surface area contributed by atoms with Crippen molar-refractivity contribution >= 4 is 5.97 Å². The highest BCUT2D eigenvalue weighted by Crippen LogP contribution is 2.11. The summed E-state index contributed by atoms with van der Waals surface area (Å²) in [7, 11) is 1.40. The van der Waals surface area contributed by atoms with E-state index < -0.39 is 0 Å². The van der Waals surface area contributed by atoms with Gasteiger partial charge in [-0.25, -0.2) is 4.39 Å². The fourth-order valence-electron chi connectivity index (χ4n) is 1.90. The normalized spacial score (nSPS) is 14.0. The van der Waals surface area contributed by atoms with Crippen LogP contribution in [0.15, 0.2) is 24.3 Å². The van der Waals surface area contributed by atoms with Crippen molar-refractivity contribution in [3.8, 4) is 0 Å². The highest BCUT2D eigenvalue weighted by Gasteiger charge is 2.23. The van der Waals surface area contributed by atoms with Gasteiger partial charge in [-0.15, -0.1) is 0 Å². The van der Waals surface area contributed by atoms with Crippen LogP contribution in [0.4, 0.5) is 4.39 Å². The summed E-state index contributed by atoms with van der Waals surface area (Å²) in [6.07, 6.45) is 0.726. The number of hydrogen-bond acceptors (Lipinski definition) is 3. The van der Waals surface area contributed by atoms with Crippen LogP contribution in [-0.2, 0) is 16.1 Å². The lowest BCUT2D eigenvalue weighted by Gasteiger charge is -2.21. The Labute approximate surface area is 107 Å². The molecule has 0 aliphatic rings. The third-order valence-corrected chi connectivity index (χ3v) is 3.09. The molecule has 0 spiro atoms. The largest absolute Gasteiger partial charge is 0.469 e. The molecule has 0 fully saturated rings. The first-order chi connectivity index (χ1) is 8.58. The number of carbonyl (C=O) groups excluding carboxylic acids is 1. The summed E-state index contributed by atoms with van der Waals surface area (Å²) in [5.74, 6) is -0.597. The summed E-state index contributed by atoms with van der Waals surface area (Å²) in [6.45, 7) is 4.52. The fraction of sp³-hybridized carbons (Fsp3) is 0.500. The zero-order valence-corrected chi connectivity index (χ0v) is 11.1. The van der Waals surface area contributed by atoms with Gasteiger partial charge in [0.1, 0.15) is 5.82 Å². The predicted octanol–water partition coefficient (Wildman–Crippen LogP) is 2.50. The van der Waals surface area contributed by atoms with E-state index in [-0.39, 0.29) is 23.7 Å². The zero-order valence-electron chi connectivity index (χ0n) is 11.1. The Bertz CT molecular complexity index is 378. The first-order valence-electron chi connectivity index (χ1n) is 6.14. The standard InChI is InChI=1S/C14H20FNO2/c1-4-13(14(17)18-3)10(2)16-9-11-5-7-12(15)8-6-11/h5-8,10,13,16H,4,9H2,1-3H3. The number of rotatable bonds is 6. The van der Waals surface area contributed by atoms with E-state index >= 15 is 0 Å². The number of benzene rings is 1. The lowest BCUT2D eigenvalue weighted by Crippen LogP contribution is -2.37. The van der Waals surface area contributed by atoms with E-state index in [0.29, 0.717) is 6.54 Å². The molecular formula is C14H20FNO2. The molecule has 1 rings (SSSR count). The molecule has 0 radical (unpaired) electrons. The molecule has 100 valence electrons. The maximum atomic E-state index is 12.7. The maximum Gasteiger partial charge on any atom is 0.310 e. The average molecular weight is 253 g/mol. The molecule has 0 amide bonds. The third kappa shape index (κ3) is 4.11. The van der Waals surface area contributed by atoms with E-state index in [1.165, 1.54) is 19.2 Å². The lowest BCUT2D eigenvalue weighted by molar-refractivity contribution is -0.146. The Morgan fingerprint density at radius 1 is 1.39 bits per heavy atom. The van der Waals surface area contributed by atoms with Crippen molar-refractivity contribution in [2.75, 3.05) is 7.11 Å². The number of halogens is 1. The predicted molar refractivity (Wildman–Crippen MR) is 68.5 cm³/mol. The van der Waals surface area contributed by atoms with Gasteiger partial charge in [-0.2, -0.15) is 0 Å². The van der Waals surface area contributed by atoms with E-state index in [2.05, 4.69) is 5.32 Å². The minimum atomic E-state index is -0.243. The molecule has 0 aliphatic carbocycles. The van der Waals surface area contributed by atoms with Crippen LogP contribution < -0.4 is 5.32 Å². The number of hydrogen-bond donors (Lipinski definition) is 1. The highest BCUT2D eigenvalue weighted by atomic mass is 19.1. The SMILES string of the molecule is CCC(C(=O)OC)C(C)NCc1ccc(F)cc1. The van der Waals surface area contributed by atoms with Crippen molar-refractivity contribution in [3.63, 3.8) is 0 Å². The Morgan fingerprint density at radius 3 is 2.50 bits per heavy atom. The van der Waals surface area contributed by atoms with Crippen molar-refractivity contribution in [3.05, 3.63) is 35.6 Å². The summed E-state index contributed by atoms with van der Waals surface area (Å²) in [4.78, 5) is 11.5. The first kappa shape index (κ1) is 14.6. The second-order valence-corrected chi connectivity index (χ2v) is 4.33. The van der Waals surface area contributed by atoms with Gasteiger partial charge in [0.25, 0.3) is 0 Å². The Morgan fingerprint density at radius 2 is 2.00 bits per heavy atom. The van der Waals surface area contributed by atoms with Crippen LogP contribution in [0, 0.1) is 11.7 Å². The van der Waals surface area contributed by atoms with Crippen LogP contribution in [0.25, 0.3) is 0 Å². The number of nitrogens with one attached hydrogen (secondary N) is 1. The smallest absolute Gasteiger partial charge is 0.310 e. The number of methoxy groups -OCH3 is 1. The summed E-state index contributed by atoms with van der Waals surface area (Å²) in [5.41, 5.74) is 0.989. The van der Waals surface area contributed by atoms with Gasteiger partial charge in [-0.1, -0.05) is 19.1 Å². The number of esters is 1. The van der Waals surface area contributed by atoms with Gasteiger partial charge in [0.15, 0.2) is 0 Å². The Balaban J connectivity index is 2.51. The molecule has 1 N–H and O–H groups in total. The average Bonchev–Trinajstić information content (AvgIpc) is 2.38. The molecule has 0 bridgehead atoms. The van der Waals surface area contributed by atoms with Crippen LogP contribution in [-0.4, -0.2) is 19.1 Å². The maximum absolute atomic E-state index is 12.7. The molecule has 0 heterocycles. The molecule has 3 nitrogen and oxygen atoms in total. The van der Waals surface area contributed by atoms with E-state index in [1.54, 1.807) is 12.1 Å². The summed E-state index contributed by atoms with van der Waals surface area (Å²) in [5, 5.41) is 3.26. The van der Waals surface area contributed by atoms with Crippen LogP contribution in [0.3, 0.4) is 0 Å². The number of ether oxygens (including phenoxy) is 1. The van der Waals surface area contributed by atoms with Crippen LogP contribution in [0.1, 0.15) is 25.8 Å². The minimum Gasteiger partial charge on any atom is -0.469 e. The fourth-order valence-corrected chi connectivity index (χ4v) is 1.90. The highest BCUT2D eigenvalue weighted by molar-refractivity contribution is 5.72. The zero-order chi connectivity index (χ0) is 13.5. The van der Waals surface area contributed by atoms with Crippen LogP contribution in [0.5, 0.6) is 0 Å². The van der Waals surface area contributed by atoms with E-state index in [0.717, 1.165) is 12.0 Å². The molecule has 1 aromatic rings. The third-order valence-electron chi connectivity index (χ3n) is 3.09. The lowest BCUT2D eigenvalue weighted by atomic mass is 9.98. The Hall–Kier alpha value is -1.42. The van der Waals surface area contributed by atoms with Gasteiger partial charge < -0.3 is 10.1 Å². The van der Waals surface area contributed by atoms with Gasteiger partial charge in [-0.05, 0) is 31.0 Å². The molecule has 2 unspecified atom stereocenters. The summed E-state index contributed by atoms with van der Waals surface area (Å²) in [6, 6.07) is 6.34. The summed E-state index contributed by atoms with van der Waals surface area (Å²) < 4.78 is 17.5. The second kappa shape index (κ2) is 7.11. The second-order valence-electron chi connectivity index (χ2n) is 4.33. The monoisotopic (exact) mass is 253 g/mol. The Kier molecular flexibility index (Phi) is 5.78. The van der Waals surface area contributed by atoms with Crippen LogP contribution >= 0.6 is 0 Å². The molecule has 0 saturated carbocycles. The van der Waals surface area contributed by atoms with Crippen molar-refractivity contribution in [2.45, 2.75) is 32.9 Å². The summed E-state index contributed by atoms with van der Waals surface area (Å²) >= 11 is 0. The van der Waals surface area contributed by atoms with Gasteiger partial charge >= 0.3 is 5.97 Å². The quantitative estimate of drug-likeness (QED) is 0.792. The molecule has 0 aliphatic heterocycles. The molecular weight excluding hydrogens is 233 g/mol. The number of carbonyl (C=O) groups is 1. The van der Waals surface area contributed by atoms with E-state index in [9.17, 15) is 9.18 Å². The minimum absolute atomic E-state index is 0.0208. The topological polar surface area (TPSA) is 38.3 Å². The van der Waals surface area contributed by atoms with Crippen molar-refractivity contribution in [2.24, 2.45) is 5.92 Å². The molecule has 2 atom stereocenters. The van der Waals surface area contributed by atoms with Gasteiger partial charge in [0.05, 0.1) is 13.0 Å². The molecule has 4 heteroatoms. The molecule has 18 heavy (non-hydrogen) atoms. The molecule has 0 saturated heterocycles. The van der Waals surface area contributed by atoms with E-state index in [4.69, 9.17) is 4.74 Å². The first-order valence-corrected chi connectivity index (χ1v) is 6.14. The van der Waals surface area contributed by atoms with Gasteiger partial charge in [0, 0.05) is 12.6 Å². The van der Waals surface area contributed by atoms with Gasteiger partial charge in [-0.3, -0.25) is 4.79 Å². The van der Waals surface area contributed by atoms with Crippen molar-refractivity contribution in [1.82, 2.24) is 5.32 Å². The molecule has 1 aromatic carbocycles. The van der Waals surface area contributed by atoms with Crippen LogP contribution in [0.2, 0.25) is 0 Å².